The second kappa shape index (κ2) is 6.41. The molecule has 0 saturated heterocycles. The van der Waals surface area contributed by atoms with Crippen LogP contribution < -0.4 is 0 Å². The van der Waals surface area contributed by atoms with Crippen LogP contribution in [-0.2, 0) is 20.8 Å². The van der Waals surface area contributed by atoms with Crippen molar-refractivity contribution < 1.29 is 14.4 Å². The first-order valence-corrected chi connectivity index (χ1v) is 9.40. The molecule has 0 N–H and O–H groups in total. The summed E-state index contributed by atoms with van der Waals surface area (Å²) in [5, 5.41) is 10.3. The number of fused-ring (bicyclic) bond motifs is 1. The molecular weight excluding hydrogens is 330 g/mol. The molecule has 1 aromatic carbocycles. The molecule has 1 fully saturated rings. The third-order valence-corrected chi connectivity index (χ3v) is 5.60. The molecule has 2 aromatic rings. The number of nitrogens with zero attached hydrogens (tertiary/aromatic N) is 3. The van der Waals surface area contributed by atoms with Gasteiger partial charge in [0.05, 0.1) is 30.1 Å². The number of carbonyl (C=O) groups excluding carboxylic acids is 1. The molecule has 2 aliphatic rings. The molecule has 138 valence electrons. The number of esters is 1. The molecule has 0 radical (unpaired) electrons. The molecule has 6 nitrogen and oxygen atoms in total. The number of ether oxygens (including phenoxy) is 1. The first-order valence-electron chi connectivity index (χ1n) is 9.40. The summed E-state index contributed by atoms with van der Waals surface area (Å²) in [6, 6.07) is 6.80. The van der Waals surface area contributed by atoms with E-state index in [2.05, 4.69) is 28.9 Å². The van der Waals surface area contributed by atoms with Crippen molar-refractivity contribution in [1.29, 1.82) is 0 Å². The van der Waals surface area contributed by atoms with Gasteiger partial charge in [0.25, 0.3) is 0 Å². The summed E-state index contributed by atoms with van der Waals surface area (Å²) in [5.74, 6) is -0.401. The van der Waals surface area contributed by atoms with Crippen molar-refractivity contribution in [2.75, 3.05) is 7.11 Å². The number of benzene rings is 1. The molecule has 6 heteroatoms. The second-order valence-electron chi connectivity index (χ2n) is 7.44. The van der Waals surface area contributed by atoms with Crippen molar-refractivity contribution in [1.82, 2.24) is 9.78 Å². The van der Waals surface area contributed by atoms with Crippen molar-refractivity contribution in [3.63, 3.8) is 0 Å². The zero-order valence-corrected chi connectivity index (χ0v) is 15.6. The Hall–Kier alpha value is -2.37. The minimum absolute atomic E-state index is 0.401. The Bertz CT molecular complexity index is 880. The monoisotopic (exact) mass is 355 g/mol. The average Bonchev–Trinajstić information content (AvgIpc) is 3.38. The number of oxime groups is 1. The van der Waals surface area contributed by atoms with Crippen LogP contribution in [0.3, 0.4) is 0 Å². The third kappa shape index (κ3) is 2.68. The predicted octanol–water partition coefficient (Wildman–Crippen LogP) is 3.77. The topological polar surface area (TPSA) is 65.7 Å². The lowest BCUT2D eigenvalue weighted by atomic mass is 9.95. The minimum Gasteiger partial charge on any atom is -0.466 e. The van der Waals surface area contributed by atoms with Gasteiger partial charge in [-0.2, -0.15) is 5.10 Å². The maximum atomic E-state index is 12.0. The quantitative estimate of drug-likeness (QED) is 0.783. The van der Waals surface area contributed by atoms with E-state index in [-0.39, 0.29) is 0 Å². The fourth-order valence-electron chi connectivity index (χ4n) is 4.09. The van der Waals surface area contributed by atoms with Gasteiger partial charge < -0.3 is 9.57 Å². The molecule has 0 spiro atoms. The van der Waals surface area contributed by atoms with Crippen molar-refractivity contribution in [2.24, 2.45) is 5.16 Å². The van der Waals surface area contributed by atoms with Crippen LogP contribution >= 0.6 is 0 Å². The summed E-state index contributed by atoms with van der Waals surface area (Å²) in [6.45, 7) is 3.86. The minimum atomic E-state index is -1.04. The molecule has 1 atom stereocenters. The number of aryl methyl sites for hydroxylation is 1. The van der Waals surface area contributed by atoms with Crippen LogP contribution in [0, 0.1) is 0 Å². The summed E-state index contributed by atoms with van der Waals surface area (Å²) in [4.78, 5) is 17.4. The first-order chi connectivity index (χ1) is 12.6. The fourth-order valence-corrected chi connectivity index (χ4v) is 4.09. The van der Waals surface area contributed by atoms with Gasteiger partial charge in [-0.1, -0.05) is 37.1 Å². The van der Waals surface area contributed by atoms with E-state index >= 15 is 0 Å². The maximum Gasteiger partial charge on any atom is 0.353 e. The highest BCUT2D eigenvalue weighted by molar-refractivity contribution is 6.06. The number of methoxy groups -OCH3 is 1. The molecule has 1 saturated carbocycles. The molecular formula is C20H25N3O3. The molecule has 2 heterocycles. The van der Waals surface area contributed by atoms with Gasteiger partial charge in [-0.05, 0) is 32.3 Å². The summed E-state index contributed by atoms with van der Waals surface area (Å²) >= 11 is 0. The van der Waals surface area contributed by atoms with Gasteiger partial charge >= 0.3 is 5.97 Å². The van der Waals surface area contributed by atoms with Gasteiger partial charge in [0, 0.05) is 17.4 Å². The Labute approximate surface area is 153 Å². The van der Waals surface area contributed by atoms with Crippen molar-refractivity contribution in [3.05, 3.63) is 29.5 Å². The largest absolute Gasteiger partial charge is 0.466 e. The van der Waals surface area contributed by atoms with Gasteiger partial charge in [-0.15, -0.1) is 0 Å². The van der Waals surface area contributed by atoms with E-state index in [1.165, 1.54) is 38.2 Å². The molecule has 26 heavy (non-hydrogen) atoms. The van der Waals surface area contributed by atoms with Crippen molar-refractivity contribution in [3.8, 4) is 0 Å². The normalized spacial score (nSPS) is 23.3. The van der Waals surface area contributed by atoms with E-state index < -0.39 is 11.6 Å². The summed E-state index contributed by atoms with van der Waals surface area (Å²) in [7, 11) is 1.37. The van der Waals surface area contributed by atoms with Gasteiger partial charge in [-0.25, -0.2) is 4.79 Å². The SMILES string of the molecule is CCc1nn(C2CCCC2)c2cc(C3=NOC(C)(C(=O)OC)C3)ccc12. The lowest BCUT2D eigenvalue weighted by Crippen LogP contribution is -2.36. The molecule has 1 aromatic heterocycles. The van der Waals surface area contributed by atoms with Crippen molar-refractivity contribution >= 4 is 22.6 Å². The van der Waals surface area contributed by atoms with Crippen LogP contribution in [0.4, 0.5) is 0 Å². The van der Waals surface area contributed by atoms with Crippen LogP contribution in [0.1, 0.15) is 63.3 Å². The Morgan fingerprint density at radius 2 is 2.15 bits per heavy atom. The van der Waals surface area contributed by atoms with E-state index in [4.69, 9.17) is 14.7 Å². The van der Waals surface area contributed by atoms with E-state index in [1.54, 1.807) is 6.92 Å². The number of aromatic nitrogens is 2. The lowest BCUT2D eigenvalue weighted by Gasteiger charge is -2.17. The van der Waals surface area contributed by atoms with Crippen LogP contribution in [0.15, 0.2) is 23.4 Å². The second-order valence-corrected chi connectivity index (χ2v) is 7.44. The van der Waals surface area contributed by atoms with Crippen LogP contribution in [-0.4, -0.2) is 34.2 Å². The summed E-state index contributed by atoms with van der Waals surface area (Å²) in [6.07, 6.45) is 6.24. The van der Waals surface area contributed by atoms with Gasteiger partial charge in [-0.3, -0.25) is 4.68 Å². The number of rotatable bonds is 4. The number of hydrogen-bond acceptors (Lipinski definition) is 5. The van der Waals surface area contributed by atoms with Gasteiger partial charge in [0.2, 0.25) is 5.60 Å². The number of hydrogen-bond donors (Lipinski definition) is 0. The van der Waals surface area contributed by atoms with Crippen LogP contribution in [0.5, 0.6) is 0 Å². The first kappa shape index (κ1) is 17.1. The van der Waals surface area contributed by atoms with Crippen molar-refractivity contribution in [2.45, 2.75) is 64.0 Å². The van der Waals surface area contributed by atoms with Crippen LogP contribution in [0.2, 0.25) is 0 Å². The molecule has 1 aliphatic heterocycles. The maximum absolute atomic E-state index is 12.0. The van der Waals surface area contributed by atoms with E-state index in [1.807, 2.05) is 6.07 Å². The van der Waals surface area contributed by atoms with E-state index in [0.717, 1.165) is 28.9 Å². The van der Waals surface area contributed by atoms with E-state index in [9.17, 15) is 4.79 Å². The van der Waals surface area contributed by atoms with Gasteiger partial charge in [0.1, 0.15) is 0 Å². The molecule has 4 rings (SSSR count). The van der Waals surface area contributed by atoms with E-state index in [0.29, 0.717) is 12.5 Å². The number of carbonyl (C=O) groups is 1. The molecule has 1 unspecified atom stereocenters. The zero-order valence-electron chi connectivity index (χ0n) is 15.6. The Morgan fingerprint density at radius 3 is 2.85 bits per heavy atom. The van der Waals surface area contributed by atoms with Gasteiger partial charge in [0.15, 0.2) is 0 Å². The Balaban J connectivity index is 1.71. The third-order valence-electron chi connectivity index (χ3n) is 5.60. The molecule has 0 amide bonds. The average molecular weight is 355 g/mol. The summed E-state index contributed by atoms with van der Waals surface area (Å²) < 4.78 is 7.05. The Morgan fingerprint density at radius 1 is 1.38 bits per heavy atom. The highest BCUT2D eigenvalue weighted by Gasteiger charge is 2.43. The fraction of sp³-hybridized carbons (Fsp3) is 0.550. The predicted molar refractivity (Wildman–Crippen MR) is 99.3 cm³/mol. The Kier molecular flexibility index (Phi) is 4.21. The standard InChI is InChI=1S/C20H25N3O3/c1-4-16-15-10-9-13(17-12-20(2,26-22-17)19(24)25-3)11-18(15)23(21-16)14-7-5-6-8-14/h9-11,14H,4-8,12H2,1-3H3. The zero-order chi connectivity index (χ0) is 18.3. The van der Waals surface area contributed by atoms with Crippen LogP contribution in [0.25, 0.3) is 10.9 Å². The molecule has 1 aliphatic carbocycles. The highest BCUT2D eigenvalue weighted by Crippen LogP contribution is 2.34. The molecule has 0 bridgehead atoms. The highest BCUT2D eigenvalue weighted by atomic mass is 16.7. The lowest BCUT2D eigenvalue weighted by molar-refractivity contribution is -0.164. The summed E-state index contributed by atoms with van der Waals surface area (Å²) in [5.41, 5.74) is 3.01. The smallest absolute Gasteiger partial charge is 0.353 e.